The first-order valence-electron chi connectivity index (χ1n) is 9.12. The fraction of sp³-hybridized carbons (Fsp3) is 0.526. The van der Waals surface area contributed by atoms with Crippen molar-refractivity contribution in [3.63, 3.8) is 0 Å². The maximum atomic E-state index is 12.4. The van der Waals surface area contributed by atoms with Crippen LogP contribution in [0.25, 0.3) is 0 Å². The van der Waals surface area contributed by atoms with Gasteiger partial charge in [0.15, 0.2) is 4.34 Å². The van der Waals surface area contributed by atoms with Crippen LogP contribution in [0.3, 0.4) is 0 Å². The maximum Gasteiger partial charge on any atom is 0.257 e. The number of benzene rings is 1. The van der Waals surface area contributed by atoms with Crippen molar-refractivity contribution in [2.75, 3.05) is 18.4 Å². The summed E-state index contributed by atoms with van der Waals surface area (Å²) in [5.74, 6) is 0.639. The van der Waals surface area contributed by atoms with Crippen molar-refractivity contribution in [2.45, 2.75) is 49.7 Å². The standard InChI is InChI=1S/C19H26N4OS2/c1-13(2)25-19-22-21-18(26-19)20-17(24)16-8-6-15(7-9-16)12-23-10-4-5-14(3)11-23/h6-9,13-14H,4-5,10-12H2,1-3H3,(H,20,21,24). The van der Waals surface area contributed by atoms with Crippen LogP contribution in [-0.2, 0) is 6.54 Å². The second-order valence-electron chi connectivity index (χ2n) is 7.17. The molecule has 0 aliphatic carbocycles. The Bertz CT molecular complexity index is 729. The molecule has 1 amide bonds. The Kier molecular flexibility index (Phi) is 6.67. The van der Waals surface area contributed by atoms with E-state index in [1.165, 1.54) is 36.3 Å². The van der Waals surface area contributed by atoms with Crippen LogP contribution in [0.5, 0.6) is 0 Å². The van der Waals surface area contributed by atoms with Gasteiger partial charge in [-0.1, -0.05) is 56.0 Å². The van der Waals surface area contributed by atoms with Crippen molar-refractivity contribution >= 4 is 34.1 Å². The summed E-state index contributed by atoms with van der Waals surface area (Å²) in [6, 6.07) is 7.88. The van der Waals surface area contributed by atoms with Gasteiger partial charge in [-0.3, -0.25) is 15.0 Å². The summed E-state index contributed by atoms with van der Waals surface area (Å²) in [6.45, 7) is 9.82. The highest BCUT2D eigenvalue weighted by molar-refractivity contribution is 8.01. The molecule has 1 aromatic heterocycles. The summed E-state index contributed by atoms with van der Waals surface area (Å²) in [5, 5.41) is 12.0. The number of hydrogen-bond donors (Lipinski definition) is 1. The first-order chi connectivity index (χ1) is 12.5. The van der Waals surface area contributed by atoms with Gasteiger partial charge in [-0.2, -0.15) is 0 Å². The van der Waals surface area contributed by atoms with Gasteiger partial charge in [-0.25, -0.2) is 0 Å². The molecule has 0 bridgehead atoms. The van der Waals surface area contributed by atoms with Crippen LogP contribution in [-0.4, -0.2) is 39.3 Å². The van der Waals surface area contributed by atoms with E-state index in [4.69, 9.17) is 0 Å². The number of likely N-dealkylation sites (tertiary alicyclic amines) is 1. The van der Waals surface area contributed by atoms with Crippen molar-refractivity contribution in [1.29, 1.82) is 0 Å². The van der Waals surface area contributed by atoms with Gasteiger partial charge in [0.05, 0.1) is 0 Å². The van der Waals surface area contributed by atoms with Gasteiger partial charge in [0, 0.05) is 23.9 Å². The van der Waals surface area contributed by atoms with E-state index in [9.17, 15) is 4.79 Å². The van der Waals surface area contributed by atoms with Gasteiger partial charge in [0.2, 0.25) is 5.13 Å². The summed E-state index contributed by atoms with van der Waals surface area (Å²) in [6.07, 6.45) is 2.61. The summed E-state index contributed by atoms with van der Waals surface area (Å²) in [4.78, 5) is 14.9. The first kappa shape index (κ1) is 19.3. The smallest absolute Gasteiger partial charge is 0.257 e. The Morgan fingerprint density at radius 3 is 2.81 bits per heavy atom. The van der Waals surface area contributed by atoms with E-state index in [2.05, 4.69) is 41.2 Å². The molecule has 140 valence electrons. The van der Waals surface area contributed by atoms with E-state index in [1.54, 1.807) is 11.8 Å². The molecule has 1 N–H and O–H groups in total. The van der Waals surface area contributed by atoms with Crippen molar-refractivity contribution in [3.8, 4) is 0 Å². The summed E-state index contributed by atoms with van der Waals surface area (Å²) < 4.78 is 0.876. The van der Waals surface area contributed by atoms with E-state index in [0.717, 1.165) is 23.3 Å². The van der Waals surface area contributed by atoms with Crippen LogP contribution >= 0.6 is 23.1 Å². The molecule has 0 radical (unpaired) electrons. The Morgan fingerprint density at radius 2 is 2.12 bits per heavy atom. The van der Waals surface area contributed by atoms with Gasteiger partial charge in [-0.15, -0.1) is 10.2 Å². The van der Waals surface area contributed by atoms with Crippen LogP contribution in [0.1, 0.15) is 49.5 Å². The van der Waals surface area contributed by atoms with Gasteiger partial charge >= 0.3 is 0 Å². The maximum absolute atomic E-state index is 12.4. The molecule has 1 fully saturated rings. The van der Waals surface area contributed by atoms with Crippen LogP contribution in [0.15, 0.2) is 28.6 Å². The molecule has 7 heteroatoms. The van der Waals surface area contributed by atoms with E-state index >= 15 is 0 Å². The quantitative estimate of drug-likeness (QED) is 0.580. The average Bonchev–Trinajstić information content (AvgIpc) is 3.01. The number of amides is 1. The molecule has 0 spiro atoms. The lowest BCUT2D eigenvalue weighted by Crippen LogP contribution is -2.33. The normalized spacial score (nSPS) is 18.2. The highest BCUT2D eigenvalue weighted by Crippen LogP contribution is 2.28. The fourth-order valence-corrected chi connectivity index (χ4v) is 5.10. The molecule has 1 aromatic carbocycles. The molecule has 2 aromatic rings. The Hall–Kier alpha value is -1.44. The van der Waals surface area contributed by atoms with E-state index in [1.807, 2.05) is 24.3 Å². The minimum atomic E-state index is -0.139. The molecule has 2 heterocycles. The van der Waals surface area contributed by atoms with Gasteiger partial charge < -0.3 is 0 Å². The molecule has 1 aliphatic rings. The summed E-state index contributed by atoms with van der Waals surface area (Å²) in [7, 11) is 0. The highest BCUT2D eigenvalue weighted by atomic mass is 32.2. The second kappa shape index (κ2) is 8.97. The lowest BCUT2D eigenvalue weighted by Gasteiger charge is -2.30. The largest absolute Gasteiger partial charge is 0.299 e. The summed E-state index contributed by atoms with van der Waals surface area (Å²) in [5.41, 5.74) is 1.90. The predicted octanol–water partition coefficient (Wildman–Crippen LogP) is 4.52. The number of nitrogens with zero attached hydrogens (tertiary/aromatic N) is 3. The molecular weight excluding hydrogens is 364 g/mol. The summed E-state index contributed by atoms with van der Waals surface area (Å²) >= 11 is 3.06. The van der Waals surface area contributed by atoms with Crippen molar-refractivity contribution in [2.24, 2.45) is 5.92 Å². The van der Waals surface area contributed by atoms with Crippen molar-refractivity contribution < 1.29 is 4.79 Å². The molecule has 26 heavy (non-hydrogen) atoms. The first-order valence-corrected chi connectivity index (χ1v) is 10.8. The Morgan fingerprint density at radius 1 is 1.35 bits per heavy atom. The number of thioether (sulfide) groups is 1. The van der Waals surface area contributed by atoms with Gasteiger partial charge in [0.25, 0.3) is 5.91 Å². The average molecular weight is 391 g/mol. The van der Waals surface area contributed by atoms with Crippen molar-refractivity contribution in [1.82, 2.24) is 15.1 Å². The highest BCUT2D eigenvalue weighted by Gasteiger charge is 2.16. The number of aromatic nitrogens is 2. The minimum absolute atomic E-state index is 0.139. The van der Waals surface area contributed by atoms with Crippen LogP contribution in [0, 0.1) is 5.92 Å². The van der Waals surface area contributed by atoms with Crippen LogP contribution < -0.4 is 5.32 Å². The van der Waals surface area contributed by atoms with Crippen LogP contribution in [0.2, 0.25) is 0 Å². The number of rotatable bonds is 6. The molecule has 5 nitrogen and oxygen atoms in total. The number of nitrogens with one attached hydrogen (secondary N) is 1. The molecule has 1 unspecified atom stereocenters. The lowest BCUT2D eigenvalue weighted by molar-refractivity contribution is 0.102. The molecule has 3 rings (SSSR count). The van der Waals surface area contributed by atoms with E-state index in [-0.39, 0.29) is 5.91 Å². The monoisotopic (exact) mass is 390 g/mol. The van der Waals surface area contributed by atoms with Gasteiger partial charge in [-0.05, 0) is 43.0 Å². The molecule has 1 atom stereocenters. The third-order valence-corrected chi connectivity index (χ3v) is 6.25. The molecule has 1 aliphatic heterocycles. The number of carbonyl (C=O) groups excluding carboxylic acids is 1. The Balaban J connectivity index is 1.55. The van der Waals surface area contributed by atoms with E-state index < -0.39 is 0 Å². The zero-order chi connectivity index (χ0) is 18.5. The van der Waals surface area contributed by atoms with Gasteiger partial charge in [0.1, 0.15) is 0 Å². The van der Waals surface area contributed by atoms with Crippen LogP contribution in [0.4, 0.5) is 5.13 Å². The SMILES string of the molecule is CC1CCCN(Cc2ccc(C(=O)Nc3nnc(SC(C)C)s3)cc2)C1. The Labute approximate surface area is 163 Å². The minimum Gasteiger partial charge on any atom is -0.299 e. The van der Waals surface area contributed by atoms with E-state index in [0.29, 0.717) is 15.9 Å². The molecule has 1 saturated heterocycles. The zero-order valence-corrected chi connectivity index (χ0v) is 17.2. The lowest BCUT2D eigenvalue weighted by atomic mass is 9.99. The molecular formula is C19H26N4OS2. The third kappa shape index (κ3) is 5.53. The van der Waals surface area contributed by atoms with Crippen molar-refractivity contribution in [3.05, 3.63) is 35.4 Å². The number of piperidine rings is 1. The predicted molar refractivity (Wildman–Crippen MR) is 109 cm³/mol. The zero-order valence-electron chi connectivity index (χ0n) is 15.6. The number of anilines is 1. The molecule has 0 saturated carbocycles. The third-order valence-electron chi connectivity index (χ3n) is 4.33. The fourth-order valence-electron chi connectivity index (χ4n) is 3.13. The number of carbonyl (C=O) groups is 1. The topological polar surface area (TPSA) is 58.1 Å². The number of hydrogen-bond acceptors (Lipinski definition) is 6. The second-order valence-corrected chi connectivity index (χ2v) is 9.97.